The van der Waals surface area contributed by atoms with Crippen LogP contribution in [0.3, 0.4) is 0 Å². The second kappa shape index (κ2) is 5.18. The predicted molar refractivity (Wildman–Crippen MR) is 66.2 cm³/mol. The van der Waals surface area contributed by atoms with Crippen molar-refractivity contribution in [3.63, 3.8) is 0 Å². The number of piperazine rings is 1. The summed E-state index contributed by atoms with van der Waals surface area (Å²) in [5.74, 6) is 1.20. The molecule has 0 bridgehead atoms. The first-order valence-electron chi connectivity index (χ1n) is 5.65. The van der Waals surface area contributed by atoms with Crippen LogP contribution in [0.4, 0.5) is 0 Å². The van der Waals surface area contributed by atoms with Gasteiger partial charge in [-0.3, -0.25) is 10.4 Å². The average Bonchev–Trinajstić information content (AvgIpc) is 2.22. The van der Waals surface area contributed by atoms with E-state index in [1.54, 1.807) is 0 Å². The molecule has 1 N–H and O–H groups in total. The normalized spacial score (nSPS) is 30.0. The van der Waals surface area contributed by atoms with Crippen LogP contribution in [0, 0.1) is 0 Å². The highest BCUT2D eigenvalue weighted by molar-refractivity contribution is 8.13. The lowest BCUT2D eigenvalue weighted by molar-refractivity contribution is 0.131. The first kappa shape index (κ1) is 11.2. The minimum atomic E-state index is 0.487. The lowest BCUT2D eigenvalue weighted by Gasteiger charge is -2.33. The Hall–Kier alpha value is -0.260. The van der Waals surface area contributed by atoms with E-state index in [0.717, 1.165) is 31.3 Å². The number of hydrogen-bond donors (Lipinski definition) is 1. The second-order valence-corrected chi connectivity index (χ2v) is 5.41. The largest absolute Gasteiger partial charge is 0.304 e. The summed E-state index contributed by atoms with van der Waals surface area (Å²) in [7, 11) is 2.17. The van der Waals surface area contributed by atoms with E-state index in [4.69, 9.17) is 0 Å². The summed E-state index contributed by atoms with van der Waals surface area (Å²) in [5.41, 5.74) is 3.43. The molecule has 2 heterocycles. The third kappa shape index (κ3) is 3.36. The molecule has 0 aliphatic carbocycles. The molecule has 0 aromatic carbocycles. The van der Waals surface area contributed by atoms with Crippen LogP contribution < -0.4 is 5.43 Å². The summed E-state index contributed by atoms with van der Waals surface area (Å²) in [4.78, 5) is 6.97. The molecule has 1 saturated heterocycles. The Bertz CT molecular complexity index is 236. The van der Waals surface area contributed by atoms with Gasteiger partial charge in [0.15, 0.2) is 5.17 Å². The molecule has 0 aromatic rings. The maximum absolute atomic E-state index is 4.61. The van der Waals surface area contributed by atoms with Crippen LogP contribution in [0.2, 0.25) is 0 Å². The average molecular weight is 228 g/mol. The molecule has 1 fully saturated rings. The van der Waals surface area contributed by atoms with Crippen molar-refractivity contribution in [1.29, 1.82) is 0 Å². The molecule has 0 radical (unpaired) electrons. The fraction of sp³-hybridized carbons (Fsp3) is 0.900. The zero-order valence-corrected chi connectivity index (χ0v) is 10.4. The molecule has 15 heavy (non-hydrogen) atoms. The Morgan fingerprint density at radius 3 is 2.73 bits per heavy atom. The van der Waals surface area contributed by atoms with Crippen molar-refractivity contribution in [3.8, 4) is 0 Å². The van der Waals surface area contributed by atoms with E-state index in [9.17, 15) is 0 Å². The van der Waals surface area contributed by atoms with Crippen molar-refractivity contribution in [2.45, 2.75) is 19.4 Å². The summed E-state index contributed by atoms with van der Waals surface area (Å²) in [6.07, 6.45) is 1.21. The third-order valence-corrected chi connectivity index (χ3v) is 3.78. The molecule has 1 atom stereocenters. The number of amidine groups is 1. The first-order chi connectivity index (χ1) is 7.24. The highest BCUT2D eigenvalue weighted by Crippen LogP contribution is 2.16. The maximum atomic E-state index is 4.61. The molecule has 0 spiro atoms. The van der Waals surface area contributed by atoms with Gasteiger partial charge in [0.1, 0.15) is 0 Å². The van der Waals surface area contributed by atoms with Crippen molar-refractivity contribution in [2.24, 2.45) is 4.99 Å². The minimum absolute atomic E-state index is 0.487. The Morgan fingerprint density at radius 1 is 1.33 bits per heavy atom. The number of nitrogens with one attached hydrogen (secondary N) is 1. The van der Waals surface area contributed by atoms with Gasteiger partial charge in [0, 0.05) is 31.9 Å². The fourth-order valence-electron chi connectivity index (χ4n) is 1.74. The fourth-order valence-corrected chi connectivity index (χ4v) is 2.84. The Kier molecular flexibility index (Phi) is 3.88. The molecular formula is C10H20N4S. The molecule has 2 aliphatic heterocycles. The van der Waals surface area contributed by atoms with Gasteiger partial charge in [0.25, 0.3) is 0 Å². The van der Waals surface area contributed by atoms with Crippen LogP contribution in [0.5, 0.6) is 0 Å². The highest BCUT2D eigenvalue weighted by atomic mass is 32.2. The zero-order valence-electron chi connectivity index (χ0n) is 9.57. The molecule has 2 rings (SSSR count). The summed E-state index contributed by atoms with van der Waals surface area (Å²) in [6.45, 7) is 6.64. The number of aliphatic imine (C=N–C) groups is 1. The Morgan fingerprint density at radius 2 is 2.07 bits per heavy atom. The molecule has 0 saturated carbocycles. The summed E-state index contributed by atoms with van der Waals surface area (Å²) < 4.78 is 0. The summed E-state index contributed by atoms with van der Waals surface area (Å²) >= 11 is 1.85. The summed E-state index contributed by atoms with van der Waals surface area (Å²) in [6, 6.07) is 0.487. The van der Waals surface area contributed by atoms with Gasteiger partial charge in [0.2, 0.25) is 0 Å². The second-order valence-electron chi connectivity index (χ2n) is 4.32. The van der Waals surface area contributed by atoms with Crippen LogP contribution in [-0.4, -0.2) is 60.1 Å². The smallest absolute Gasteiger partial charge is 0.171 e. The first-order valence-corrected chi connectivity index (χ1v) is 6.63. The zero-order chi connectivity index (χ0) is 10.7. The van der Waals surface area contributed by atoms with Crippen LogP contribution in [0.1, 0.15) is 13.3 Å². The van der Waals surface area contributed by atoms with E-state index in [0.29, 0.717) is 6.04 Å². The lowest BCUT2D eigenvalue weighted by Crippen LogP contribution is -2.52. The van der Waals surface area contributed by atoms with Gasteiger partial charge in [0.05, 0.1) is 6.04 Å². The standard InChI is InChI=1S/C10H20N4S/c1-9-3-8-15-10(11-9)12-14-6-4-13(2)5-7-14/h9H,3-8H2,1-2H3,(H,11,12). The highest BCUT2D eigenvalue weighted by Gasteiger charge is 2.17. The van der Waals surface area contributed by atoms with Gasteiger partial charge in [-0.2, -0.15) is 0 Å². The monoisotopic (exact) mass is 228 g/mol. The molecular weight excluding hydrogens is 208 g/mol. The molecule has 0 amide bonds. The molecule has 2 aliphatic rings. The number of hydrazine groups is 1. The lowest BCUT2D eigenvalue weighted by atomic mass is 10.3. The third-order valence-electron chi connectivity index (χ3n) is 2.87. The van der Waals surface area contributed by atoms with E-state index in [1.807, 2.05) is 11.8 Å². The van der Waals surface area contributed by atoms with Gasteiger partial charge in [-0.15, -0.1) is 0 Å². The topological polar surface area (TPSA) is 30.9 Å². The Balaban J connectivity index is 1.81. The van der Waals surface area contributed by atoms with Crippen molar-refractivity contribution in [1.82, 2.24) is 15.3 Å². The number of rotatable bonds is 1. The van der Waals surface area contributed by atoms with Crippen molar-refractivity contribution in [2.75, 3.05) is 39.0 Å². The number of nitrogens with zero attached hydrogens (tertiary/aromatic N) is 3. The van der Waals surface area contributed by atoms with E-state index >= 15 is 0 Å². The molecule has 1 unspecified atom stereocenters. The van der Waals surface area contributed by atoms with Crippen LogP contribution in [0.25, 0.3) is 0 Å². The van der Waals surface area contributed by atoms with Gasteiger partial charge in [-0.25, -0.2) is 5.01 Å². The van der Waals surface area contributed by atoms with Crippen molar-refractivity contribution >= 4 is 16.9 Å². The van der Waals surface area contributed by atoms with Crippen molar-refractivity contribution in [3.05, 3.63) is 0 Å². The molecule has 0 aromatic heterocycles. The van der Waals surface area contributed by atoms with Gasteiger partial charge in [-0.05, 0) is 20.4 Å². The van der Waals surface area contributed by atoms with E-state index in [-0.39, 0.29) is 0 Å². The molecule has 5 heteroatoms. The van der Waals surface area contributed by atoms with Gasteiger partial charge in [-0.1, -0.05) is 11.8 Å². The SMILES string of the molecule is CC1CCSC(NN2CCN(C)CC2)=N1. The van der Waals surface area contributed by atoms with Crippen LogP contribution >= 0.6 is 11.8 Å². The van der Waals surface area contributed by atoms with Gasteiger partial charge < -0.3 is 4.90 Å². The van der Waals surface area contributed by atoms with Gasteiger partial charge >= 0.3 is 0 Å². The summed E-state index contributed by atoms with van der Waals surface area (Å²) in [5, 5.41) is 3.39. The quantitative estimate of drug-likeness (QED) is 0.713. The number of hydrogen-bond acceptors (Lipinski definition) is 5. The number of likely N-dealkylation sites (N-methyl/N-ethyl adjacent to an activating group) is 1. The molecule has 4 nitrogen and oxygen atoms in total. The minimum Gasteiger partial charge on any atom is -0.304 e. The van der Waals surface area contributed by atoms with E-state index in [2.05, 4.69) is 34.3 Å². The number of thioether (sulfide) groups is 1. The molecule has 86 valence electrons. The van der Waals surface area contributed by atoms with Crippen LogP contribution in [0.15, 0.2) is 4.99 Å². The van der Waals surface area contributed by atoms with Crippen LogP contribution in [-0.2, 0) is 0 Å². The maximum Gasteiger partial charge on any atom is 0.171 e. The van der Waals surface area contributed by atoms with E-state index in [1.165, 1.54) is 12.2 Å². The predicted octanol–water partition coefficient (Wildman–Crippen LogP) is 0.620. The Labute approximate surface area is 96.1 Å². The van der Waals surface area contributed by atoms with E-state index < -0.39 is 0 Å². The van der Waals surface area contributed by atoms with Crippen molar-refractivity contribution < 1.29 is 0 Å².